The quantitative estimate of drug-likeness (QED) is 0.475. The van der Waals surface area contributed by atoms with E-state index in [0.29, 0.717) is 41.7 Å². The van der Waals surface area contributed by atoms with Gasteiger partial charge in [-0.2, -0.15) is 0 Å². The largest absolute Gasteiger partial charge is 0.428 e. The van der Waals surface area contributed by atoms with Gasteiger partial charge in [0.15, 0.2) is 0 Å². The summed E-state index contributed by atoms with van der Waals surface area (Å²) in [5.41, 5.74) is 8.87. The first-order valence-corrected chi connectivity index (χ1v) is 11.8. The number of nitrogens with two attached hydrogens (primary N) is 1. The molecule has 0 spiro atoms. The first-order chi connectivity index (χ1) is 16.0. The zero-order chi connectivity index (χ0) is 25.0. The first kappa shape index (κ1) is 26.0. The van der Waals surface area contributed by atoms with Crippen LogP contribution in [0.1, 0.15) is 54.6 Å². The number of halogens is 2. The van der Waals surface area contributed by atoms with Crippen LogP contribution < -0.4 is 16.6 Å². The number of oxazole rings is 1. The smallest absolute Gasteiger partial charge is 0.254 e. The van der Waals surface area contributed by atoms with Gasteiger partial charge in [-0.15, -0.1) is 0 Å². The van der Waals surface area contributed by atoms with Gasteiger partial charge in [0, 0.05) is 48.3 Å². The van der Waals surface area contributed by atoms with Gasteiger partial charge in [-0.3, -0.25) is 9.59 Å². The van der Waals surface area contributed by atoms with Crippen LogP contribution in [-0.2, 0) is 42.7 Å². The number of hydrogen-bond acceptors (Lipinski definition) is 5. The van der Waals surface area contributed by atoms with Crippen LogP contribution in [0.2, 0.25) is 10.2 Å². The highest BCUT2D eigenvalue weighted by Gasteiger charge is 2.23. The van der Waals surface area contributed by atoms with Gasteiger partial charge in [0.1, 0.15) is 5.69 Å². The molecule has 2 heterocycles. The van der Waals surface area contributed by atoms with E-state index in [4.69, 9.17) is 33.4 Å². The molecule has 0 aliphatic rings. The molecule has 0 bridgehead atoms. The lowest BCUT2D eigenvalue weighted by atomic mass is 9.97. The first-order valence-electron chi connectivity index (χ1n) is 11.1. The number of aryl methyl sites for hydroxylation is 3. The average molecular weight is 505 g/mol. The number of nitrogens with one attached hydrogen (secondary N) is 1. The SMILES string of the molecule is Cc1ccn(CCc2nc(C(C)(C)C)oc2Cl)c(=O)c1CC(=O)NCc1cc(Cl)ccc1CN. The van der Waals surface area contributed by atoms with Crippen molar-refractivity contribution >= 4 is 29.1 Å². The maximum absolute atomic E-state index is 13.1. The molecule has 0 radical (unpaired) electrons. The van der Waals surface area contributed by atoms with Crippen molar-refractivity contribution in [3.8, 4) is 0 Å². The zero-order valence-electron chi connectivity index (χ0n) is 19.9. The van der Waals surface area contributed by atoms with E-state index in [9.17, 15) is 9.59 Å². The maximum atomic E-state index is 13.1. The number of carbonyl (C=O) groups is 1. The minimum Gasteiger partial charge on any atom is -0.428 e. The molecule has 1 amide bonds. The molecule has 3 rings (SSSR count). The minimum atomic E-state index is -0.265. The fraction of sp³-hybridized carbons (Fsp3) is 0.400. The second kappa shape index (κ2) is 10.8. The molecule has 2 aromatic heterocycles. The molecule has 0 fully saturated rings. The van der Waals surface area contributed by atoms with Crippen LogP contribution in [0.25, 0.3) is 0 Å². The van der Waals surface area contributed by atoms with E-state index in [1.54, 1.807) is 22.9 Å². The van der Waals surface area contributed by atoms with E-state index in [0.717, 1.165) is 16.7 Å². The molecule has 0 aliphatic heterocycles. The molecule has 34 heavy (non-hydrogen) atoms. The highest BCUT2D eigenvalue weighted by Crippen LogP contribution is 2.27. The predicted molar refractivity (Wildman–Crippen MR) is 134 cm³/mol. The van der Waals surface area contributed by atoms with Crippen molar-refractivity contribution in [3.05, 3.63) is 84.9 Å². The normalized spacial score (nSPS) is 11.6. The van der Waals surface area contributed by atoms with E-state index >= 15 is 0 Å². The van der Waals surface area contributed by atoms with Crippen LogP contribution in [0.5, 0.6) is 0 Å². The summed E-state index contributed by atoms with van der Waals surface area (Å²) in [6.07, 6.45) is 2.13. The Morgan fingerprint density at radius 1 is 1.21 bits per heavy atom. The summed E-state index contributed by atoms with van der Waals surface area (Å²) in [6.45, 7) is 8.79. The van der Waals surface area contributed by atoms with E-state index < -0.39 is 0 Å². The van der Waals surface area contributed by atoms with Crippen molar-refractivity contribution < 1.29 is 9.21 Å². The second-order valence-electron chi connectivity index (χ2n) is 9.29. The lowest BCUT2D eigenvalue weighted by molar-refractivity contribution is -0.120. The van der Waals surface area contributed by atoms with Gasteiger partial charge in [0.2, 0.25) is 17.0 Å². The number of amides is 1. The second-order valence-corrected chi connectivity index (χ2v) is 10.1. The van der Waals surface area contributed by atoms with Crippen molar-refractivity contribution in [2.45, 2.75) is 65.6 Å². The summed E-state index contributed by atoms with van der Waals surface area (Å²) in [5.74, 6) is 0.300. The number of aromatic nitrogens is 2. The van der Waals surface area contributed by atoms with Crippen LogP contribution in [-0.4, -0.2) is 15.5 Å². The summed E-state index contributed by atoms with van der Waals surface area (Å²) < 4.78 is 7.15. The van der Waals surface area contributed by atoms with Crippen LogP contribution in [0.3, 0.4) is 0 Å². The number of hydrogen-bond donors (Lipinski definition) is 2. The Labute approximate surface area is 209 Å². The Morgan fingerprint density at radius 2 is 1.94 bits per heavy atom. The number of nitrogens with zero attached hydrogens (tertiary/aromatic N) is 2. The van der Waals surface area contributed by atoms with Gasteiger partial charge in [-0.1, -0.05) is 38.4 Å². The molecule has 9 heteroatoms. The molecule has 3 aromatic rings. The van der Waals surface area contributed by atoms with Crippen LogP contribution >= 0.6 is 23.2 Å². The molecule has 0 aliphatic carbocycles. The Bertz CT molecular complexity index is 1240. The summed E-state index contributed by atoms with van der Waals surface area (Å²) in [7, 11) is 0. The van der Waals surface area contributed by atoms with Crippen LogP contribution in [0.4, 0.5) is 0 Å². The third kappa shape index (κ3) is 6.29. The third-order valence-electron chi connectivity index (χ3n) is 5.58. The van der Waals surface area contributed by atoms with Gasteiger partial charge in [-0.05, 0) is 53.4 Å². The Kier molecular flexibility index (Phi) is 8.23. The van der Waals surface area contributed by atoms with Crippen LogP contribution in [0, 0.1) is 6.92 Å². The van der Waals surface area contributed by atoms with Gasteiger partial charge in [0.25, 0.3) is 5.56 Å². The number of carbonyl (C=O) groups excluding carboxylic acids is 1. The fourth-order valence-electron chi connectivity index (χ4n) is 3.51. The molecule has 182 valence electrons. The monoisotopic (exact) mass is 504 g/mol. The predicted octanol–water partition coefficient (Wildman–Crippen LogP) is 4.31. The number of rotatable bonds is 8. The van der Waals surface area contributed by atoms with Crippen molar-refractivity contribution in [1.82, 2.24) is 14.9 Å². The lowest BCUT2D eigenvalue weighted by Crippen LogP contribution is -2.31. The van der Waals surface area contributed by atoms with Crippen molar-refractivity contribution in [2.75, 3.05) is 0 Å². The fourth-order valence-corrected chi connectivity index (χ4v) is 3.92. The molecule has 3 N–H and O–H groups in total. The molecule has 0 atom stereocenters. The van der Waals surface area contributed by atoms with Gasteiger partial charge < -0.3 is 20.0 Å². The van der Waals surface area contributed by atoms with E-state index in [-0.39, 0.29) is 35.1 Å². The average Bonchev–Trinajstić information content (AvgIpc) is 3.16. The van der Waals surface area contributed by atoms with E-state index in [1.807, 2.05) is 39.8 Å². The summed E-state index contributed by atoms with van der Waals surface area (Å²) in [5, 5.41) is 3.68. The molecular weight excluding hydrogens is 475 g/mol. The number of benzene rings is 1. The van der Waals surface area contributed by atoms with Gasteiger partial charge >= 0.3 is 0 Å². The van der Waals surface area contributed by atoms with Crippen molar-refractivity contribution in [3.63, 3.8) is 0 Å². The molecular formula is C25H30Cl2N4O3. The van der Waals surface area contributed by atoms with Crippen LogP contribution in [0.15, 0.2) is 39.7 Å². The summed E-state index contributed by atoms with van der Waals surface area (Å²) in [6, 6.07) is 7.22. The van der Waals surface area contributed by atoms with E-state index in [2.05, 4.69) is 10.3 Å². The molecule has 7 nitrogen and oxygen atoms in total. The lowest BCUT2D eigenvalue weighted by Gasteiger charge is -2.12. The Morgan fingerprint density at radius 3 is 2.59 bits per heavy atom. The summed E-state index contributed by atoms with van der Waals surface area (Å²) in [4.78, 5) is 30.2. The van der Waals surface area contributed by atoms with Crippen molar-refractivity contribution in [1.29, 1.82) is 0 Å². The minimum absolute atomic E-state index is 0.0249. The third-order valence-corrected chi connectivity index (χ3v) is 6.11. The highest BCUT2D eigenvalue weighted by molar-refractivity contribution is 6.30. The molecule has 0 saturated carbocycles. The highest BCUT2D eigenvalue weighted by atomic mass is 35.5. The Hall–Kier alpha value is -2.61. The molecule has 1 aromatic carbocycles. The maximum Gasteiger partial charge on any atom is 0.254 e. The summed E-state index contributed by atoms with van der Waals surface area (Å²) >= 11 is 12.3. The van der Waals surface area contributed by atoms with Gasteiger partial charge in [-0.25, -0.2) is 4.98 Å². The molecule has 0 unspecified atom stereocenters. The Balaban J connectivity index is 1.70. The standard InChI is InChI=1S/C25H30Cl2N4O3/c1-15-7-9-31(10-8-20-22(27)34-24(30-20)25(2,3)4)23(33)19(15)12-21(32)29-14-17-11-18(26)6-5-16(17)13-28/h5-7,9,11H,8,10,12-14,28H2,1-4H3,(H,29,32). The van der Waals surface area contributed by atoms with E-state index in [1.165, 1.54) is 0 Å². The van der Waals surface area contributed by atoms with Crippen molar-refractivity contribution in [2.24, 2.45) is 5.73 Å². The van der Waals surface area contributed by atoms with Gasteiger partial charge in [0.05, 0.1) is 6.42 Å². The number of pyridine rings is 1. The zero-order valence-corrected chi connectivity index (χ0v) is 21.4. The topological polar surface area (TPSA) is 103 Å². The molecule has 0 saturated heterocycles.